The molecule has 0 aromatic carbocycles. The molecule has 16 heavy (non-hydrogen) atoms. The van der Waals surface area contributed by atoms with Crippen LogP contribution in [0.15, 0.2) is 0 Å². The number of carboxylic acid groups (broad SMARTS) is 1. The van der Waals surface area contributed by atoms with Gasteiger partial charge in [0.05, 0.1) is 12.5 Å². The molecule has 5 heteroatoms. The zero-order chi connectivity index (χ0) is 12.0. The third-order valence-electron chi connectivity index (χ3n) is 2.58. The molecule has 0 aliphatic carbocycles. The summed E-state index contributed by atoms with van der Waals surface area (Å²) in [4.78, 5) is 24.1. The average Bonchev–Trinajstić information content (AvgIpc) is 2.23. The van der Waals surface area contributed by atoms with Crippen molar-refractivity contribution in [1.29, 1.82) is 0 Å². The number of carboxylic acids is 1. The Morgan fingerprint density at radius 2 is 2.44 bits per heavy atom. The van der Waals surface area contributed by atoms with Crippen LogP contribution in [0, 0.1) is 12.3 Å². The van der Waals surface area contributed by atoms with Gasteiger partial charge in [-0.1, -0.05) is 0 Å². The normalized spacial score (nSPS) is 21.2. The van der Waals surface area contributed by atoms with Gasteiger partial charge >= 0.3 is 5.97 Å². The topological polar surface area (TPSA) is 69.6 Å². The number of rotatable bonds is 5. The number of nitrogens with zero attached hydrogens (tertiary/aromatic N) is 1. The minimum Gasteiger partial charge on any atom is -0.481 e. The lowest BCUT2D eigenvalue weighted by Crippen LogP contribution is -2.56. The van der Waals surface area contributed by atoms with Crippen molar-refractivity contribution in [2.45, 2.75) is 25.3 Å². The van der Waals surface area contributed by atoms with Crippen LogP contribution < -0.4 is 5.32 Å². The molecule has 1 aliphatic heterocycles. The molecule has 1 heterocycles. The number of amides is 1. The van der Waals surface area contributed by atoms with Crippen LogP contribution in [-0.2, 0) is 9.59 Å². The van der Waals surface area contributed by atoms with E-state index in [-0.39, 0.29) is 12.3 Å². The third-order valence-corrected chi connectivity index (χ3v) is 2.58. The molecule has 0 saturated carbocycles. The molecule has 1 fully saturated rings. The summed E-state index contributed by atoms with van der Waals surface area (Å²) in [6.07, 6.45) is 6.44. The van der Waals surface area contributed by atoms with Gasteiger partial charge in [-0.05, 0) is 13.0 Å². The molecule has 88 valence electrons. The molecule has 0 aromatic heterocycles. The SMILES string of the molecule is C#CCCCN1CCNC(=O)C1CC(=O)O. The molecule has 0 radical (unpaired) electrons. The predicted molar refractivity (Wildman–Crippen MR) is 58.7 cm³/mol. The maximum atomic E-state index is 11.5. The molecule has 0 aromatic rings. The highest BCUT2D eigenvalue weighted by Crippen LogP contribution is 2.10. The second-order valence-corrected chi connectivity index (χ2v) is 3.75. The van der Waals surface area contributed by atoms with Gasteiger partial charge in [0.1, 0.15) is 0 Å². The highest BCUT2D eigenvalue weighted by molar-refractivity contribution is 5.86. The Kier molecular flexibility index (Phi) is 4.80. The number of piperazine rings is 1. The molecule has 5 nitrogen and oxygen atoms in total. The van der Waals surface area contributed by atoms with Gasteiger partial charge in [0, 0.05) is 19.5 Å². The Morgan fingerprint density at radius 1 is 1.69 bits per heavy atom. The number of carbonyl (C=O) groups excluding carboxylic acids is 1. The standard InChI is InChI=1S/C11H16N2O3/c1-2-3-4-6-13-7-5-12-11(16)9(13)8-10(14)15/h1,9H,3-8H2,(H,12,16)(H,14,15). The summed E-state index contributed by atoms with van der Waals surface area (Å²) in [5.74, 6) is 1.38. The Bertz CT molecular complexity index is 309. The van der Waals surface area contributed by atoms with Crippen molar-refractivity contribution in [3.63, 3.8) is 0 Å². The van der Waals surface area contributed by atoms with Crippen LogP contribution >= 0.6 is 0 Å². The molecule has 1 atom stereocenters. The summed E-state index contributed by atoms with van der Waals surface area (Å²) >= 11 is 0. The van der Waals surface area contributed by atoms with E-state index >= 15 is 0 Å². The van der Waals surface area contributed by atoms with Crippen LogP contribution in [0.25, 0.3) is 0 Å². The van der Waals surface area contributed by atoms with E-state index in [4.69, 9.17) is 11.5 Å². The number of hydrogen-bond acceptors (Lipinski definition) is 3. The average molecular weight is 224 g/mol. The second kappa shape index (κ2) is 6.13. The number of terminal acetylenes is 1. The molecule has 1 rings (SSSR count). The number of carbonyl (C=O) groups is 2. The van der Waals surface area contributed by atoms with Crippen molar-refractivity contribution in [3.8, 4) is 12.3 Å². The fourth-order valence-electron chi connectivity index (χ4n) is 1.80. The van der Waals surface area contributed by atoms with E-state index in [1.807, 2.05) is 4.90 Å². The van der Waals surface area contributed by atoms with Crippen molar-refractivity contribution >= 4 is 11.9 Å². The van der Waals surface area contributed by atoms with Gasteiger partial charge in [0.25, 0.3) is 0 Å². The van der Waals surface area contributed by atoms with E-state index < -0.39 is 12.0 Å². The zero-order valence-electron chi connectivity index (χ0n) is 9.11. The molecule has 1 amide bonds. The minimum atomic E-state index is -0.955. The summed E-state index contributed by atoms with van der Waals surface area (Å²) in [6.45, 7) is 1.94. The summed E-state index contributed by atoms with van der Waals surface area (Å²) in [6, 6.07) is -0.552. The summed E-state index contributed by atoms with van der Waals surface area (Å²) in [7, 11) is 0. The molecule has 1 aliphatic rings. The van der Waals surface area contributed by atoms with E-state index in [1.54, 1.807) is 0 Å². The quantitative estimate of drug-likeness (QED) is 0.496. The fraction of sp³-hybridized carbons (Fsp3) is 0.636. The lowest BCUT2D eigenvalue weighted by Gasteiger charge is -2.34. The maximum Gasteiger partial charge on any atom is 0.305 e. The van der Waals surface area contributed by atoms with Crippen LogP contribution in [-0.4, -0.2) is 47.6 Å². The van der Waals surface area contributed by atoms with Crippen molar-refractivity contribution in [2.24, 2.45) is 0 Å². The van der Waals surface area contributed by atoms with Gasteiger partial charge in [-0.3, -0.25) is 14.5 Å². The van der Waals surface area contributed by atoms with Gasteiger partial charge in [-0.2, -0.15) is 0 Å². The predicted octanol–water partition coefficient (Wildman–Crippen LogP) is -0.325. The molecule has 2 N–H and O–H groups in total. The fourth-order valence-corrected chi connectivity index (χ4v) is 1.80. The summed E-state index contributed by atoms with van der Waals surface area (Å²) < 4.78 is 0. The minimum absolute atomic E-state index is 0.151. The summed E-state index contributed by atoms with van der Waals surface area (Å²) in [5.41, 5.74) is 0. The Hall–Kier alpha value is -1.54. The smallest absolute Gasteiger partial charge is 0.305 e. The van der Waals surface area contributed by atoms with E-state index in [9.17, 15) is 9.59 Å². The van der Waals surface area contributed by atoms with Gasteiger partial charge in [-0.25, -0.2) is 0 Å². The monoisotopic (exact) mass is 224 g/mol. The van der Waals surface area contributed by atoms with E-state index in [0.717, 1.165) is 6.42 Å². The van der Waals surface area contributed by atoms with Crippen LogP contribution in [0.2, 0.25) is 0 Å². The first-order valence-electron chi connectivity index (χ1n) is 5.32. The third kappa shape index (κ3) is 3.55. The van der Waals surface area contributed by atoms with E-state index in [1.165, 1.54) is 0 Å². The van der Waals surface area contributed by atoms with Gasteiger partial charge in [-0.15, -0.1) is 12.3 Å². The van der Waals surface area contributed by atoms with Crippen molar-refractivity contribution in [2.75, 3.05) is 19.6 Å². The highest BCUT2D eigenvalue weighted by Gasteiger charge is 2.30. The molecular weight excluding hydrogens is 208 g/mol. The van der Waals surface area contributed by atoms with Gasteiger partial charge in [0.2, 0.25) is 5.91 Å². The van der Waals surface area contributed by atoms with Crippen LogP contribution in [0.3, 0.4) is 0 Å². The lowest BCUT2D eigenvalue weighted by atomic mass is 10.1. The molecular formula is C11H16N2O3. The van der Waals surface area contributed by atoms with Crippen LogP contribution in [0.5, 0.6) is 0 Å². The van der Waals surface area contributed by atoms with E-state index in [0.29, 0.717) is 26.1 Å². The highest BCUT2D eigenvalue weighted by atomic mass is 16.4. The van der Waals surface area contributed by atoms with Crippen molar-refractivity contribution in [1.82, 2.24) is 10.2 Å². The molecule has 1 saturated heterocycles. The Balaban J connectivity index is 2.53. The molecule has 0 spiro atoms. The molecule has 0 bridgehead atoms. The number of nitrogens with one attached hydrogen (secondary N) is 1. The largest absolute Gasteiger partial charge is 0.481 e. The first-order chi connectivity index (χ1) is 7.65. The number of aliphatic carboxylic acids is 1. The first kappa shape index (κ1) is 12.5. The number of hydrogen-bond donors (Lipinski definition) is 2. The lowest BCUT2D eigenvalue weighted by molar-refractivity contribution is -0.143. The number of unbranched alkanes of at least 4 members (excludes halogenated alkanes) is 1. The molecule has 1 unspecified atom stereocenters. The van der Waals surface area contributed by atoms with Gasteiger partial charge < -0.3 is 10.4 Å². The first-order valence-corrected chi connectivity index (χ1v) is 5.32. The Morgan fingerprint density at radius 3 is 3.06 bits per heavy atom. The van der Waals surface area contributed by atoms with Crippen LogP contribution in [0.1, 0.15) is 19.3 Å². The van der Waals surface area contributed by atoms with E-state index in [2.05, 4.69) is 11.2 Å². The zero-order valence-corrected chi connectivity index (χ0v) is 9.11. The van der Waals surface area contributed by atoms with Crippen molar-refractivity contribution < 1.29 is 14.7 Å². The van der Waals surface area contributed by atoms with Gasteiger partial charge in [0.15, 0.2) is 0 Å². The second-order valence-electron chi connectivity index (χ2n) is 3.75. The maximum absolute atomic E-state index is 11.5. The van der Waals surface area contributed by atoms with Crippen molar-refractivity contribution in [3.05, 3.63) is 0 Å². The Labute approximate surface area is 94.8 Å². The van der Waals surface area contributed by atoms with Crippen LogP contribution in [0.4, 0.5) is 0 Å². The summed E-state index contributed by atoms with van der Waals surface area (Å²) in [5, 5.41) is 11.4.